The zero-order valence-corrected chi connectivity index (χ0v) is 28.2. The topological polar surface area (TPSA) is 23.8 Å². The molecule has 0 bridgehead atoms. The molecule has 0 aromatic heterocycles. The van der Waals surface area contributed by atoms with E-state index in [0.717, 1.165) is 0 Å². The minimum absolute atomic E-state index is 0. The Balaban J connectivity index is -0.000000203. The molecule has 0 aliphatic carbocycles. The Morgan fingerprint density at radius 2 is 0.941 bits per heavy atom. The van der Waals surface area contributed by atoms with Crippen LogP contribution in [0.5, 0.6) is 0 Å². The van der Waals surface area contributed by atoms with Crippen molar-refractivity contribution in [1.82, 2.24) is 0 Å². The largest absolute Gasteiger partial charge is 4.00 e. The number of hydrogen-bond donors (Lipinski definition) is 0. The number of allylic oxidation sites excluding steroid dienone is 2. The first-order valence-corrected chi connectivity index (χ1v) is 17.7. The van der Waals surface area contributed by atoms with E-state index in [9.17, 15) is 0 Å². The fourth-order valence-corrected chi connectivity index (χ4v) is 6.87. The zero-order chi connectivity index (χ0) is 23.3. The van der Waals surface area contributed by atoms with Gasteiger partial charge in [-0.1, -0.05) is 120 Å². The standard InChI is InChI=1S/C13H9.C10H22Si2.C4H10N.2CH3.Si.Ti/c1-3-7-12-10(5-1)9-11-6-2-4-8-13(11)12;1-9(11(3,4)5)10(2)12(6,7)8;1-4(2,3)5;;;;/h1-9H;1-2H2,3-8H3;5H,1-3H3;2*1H3;;/q-1;;3*-1;;+4. The molecule has 184 valence electrons. The van der Waals surface area contributed by atoms with Crippen LogP contribution < -0.4 is 0 Å². The van der Waals surface area contributed by atoms with Crippen molar-refractivity contribution in [1.29, 1.82) is 0 Å². The van der Waals surface area contributed by atoms with Crippen molar-refractivity contribution in [3.8, 4) is 0 Å². The molecular formula is C29H47NSi3Ti. The Morgan fingerprint density at radius 3 is 1.18 bits per heavy atom. The van der Waals surface area contributed by atoms with E-state index in [2.05, 4.69) is 107 Å². The van der Waals surface area contributed by atoms with Crippen LogP contribution >= 0.6 is 0 Å². The van der Waals surface area contributed by atoms with Gasteiger partial charge in [-0.15, -0.1) is 45.3 Å². The predicted molar refractivity (Wildman–Crippen MR) is 165 cm³/mol. The summed E-state index contributed by atoms with van der Waals surface area (Å²) in [5.41, 5.74) is 6.69. The molecule has 3 rings (SSSR count). The Morgan fingerprint density at radius 1 is 0.706 bits per heavy atom. The summed E-state index contributed by atoms with van der Waals surface area (Å²) in [6, 6.07) is 19.3. The van der Waals surface area contributed by atoms with Gasteiger partial charge in [-0.2, -0.15) is 0 Å². The number of hydrogen-bond acceptors (Lipinski definition) is 0. The number of nitrogens with one attached hydrogen (secondary N) is 1. The van der Waals surface area contributed by atoms with E-state index in [4.69, 9.17) is 5.73 Å². The van der Waals surface area contributed by atoms with Crippen LogP contribution in [0, 0.1) is 14.9 Å². The van der Waals surface area contributed by atoms with Gasteiger partial charge in [-0.25, -0.2) is 0 Å². The normalized spacial score (nSPS) is 10.5. The Hall–Kier alpha value is -0.885. The third kappa shape index (κ3) is 13.9. The second kappa shape index (κ2) is 16.0. The van der Waals surface area contributed by atoms with E-state index in [1.807, 2.05) is 20.8 Å². The Bertz CT molecular complexity index is 920. The quantitative estimate of drug-likeness (QED) is 0.179. The maximum Gasteiger partial charge on any atom is 4.00 e. The first kappa shape index (κ1) is 40.3. The van der Waals surface area contributed by atoms with Gasteiger partial charge in [-0.3, -0.25) is 0 Å². The number of rotatable bonds is 3. The van der Waals surface area contributed by atoms with Gasteiger partial charge in [0.05, 0.1) is 16.1 Å². The Labute approximate surface area is 233 Å². The summed E-state index contributed by atoms with van der Waals surface area (Å²) in [7, 11) is -2.39. The fourth-order valence-electron chi connectivity index (χ4n) is 2.81. The summed E-state index contributed by atoms with van der Waals surface area (Å²) in [5.74, 6) is 0. The molecular weight excluding hydrogens is 494 g/mol. The number of benzene rings is 2. The monoisotopic (exact) mass is 541 g/mol. The van der Waals surface area contributed by atoms with Gasteiger partial charge < -0.3 is 20.6 Å². The van der Waals surface area contributed by atoms with Gasteiger partial charge in [-0.05, 0) is 0 Å². The minimum atomic E-state index is -1.19. The van der Waals surface area contributed by atoms with Gasteiger partial charge >= 0.3 is 21.7 Å². The Kier molecular flexibility index (Phi) is 18.9. The molecule has 1 N–H and O–H groups in total. The molecule has 0 spiro atoms. The molecule has 5 heteroatoms. The van der Waals surface area contributed by atoms with Crippen molar-refractivity contribution in [2.45, 2.75) is 65.6 Å². The van der Waals surface area contributed by atoms with Crippen molar-refractivity contribution in [2.75, 3.05) is 0 Å². The van der Waals surface area contributed by atoms with Crippen LogP contribution in [0.1, 0.15) is 20.8 Å². The van der Waals surface area contributed by atoms with Crippen LogP contribution in [-0.2, 0) is 21.7 Å². The van der Waals surface area contributed by atoms with Crippen molar-refractivity contribution < 1.29 is 21.7 Å². The van der Waals surface area contributed by atoms with Crippen molar-refractivity contribution >= 4 is 48.7 Å². The predicted octanol–water partition coefficient (Wildman–Crippen LogP) is 9.92. The van der Waals surface area contributed by atoms with E-state index >= 15 is 0 Å². The molecule has 4 radical (unpaired) electrons. The molecule has 0 heterocycles. The smallest absolute Gasteiger partial charge is 0.673 e. The van der Waals surface area contributed by atoms with Crippen molar-refractivity contribution in [3.05, 3.63) is 98.7 Å². The molecule has 0 aliphatic heterocycles. The van der Waals surface area contributed by atoms with E-state index in [1.54, 1.807) is 0 Å². The molecule has 3 aromatic carbocycles. The summed E-state index contributed by atoms with van der Waals surface area (Å²) in [6.45, 7) is 27.9. The average Bonchev–Trinajstić information content (AvgIpc) is 2.96. The van der Waals surface area contributed by atoms with Crippen molar-refractivity contribution in [3.63, 3.8) is 0 Å². The van der Waals surface area contributed by atoms with Crippen LogP contribution in [0.15, 0.2) is 78.1 Å². The minimum Gasteiger partial charge on any atom is -0.673 e. The van der Waals surface area contributed by atoms with Gasteiger partial charge in [0.2, 0.25) is 0 Å². The zero-order valence-electron chi connectivity index (χ0n) is 23.6. The summed E-state index contributed by atoms with van der Waals surface area (Å²) in [6.07, 6.45) is 0. The van der Waals surface area contributed by atoms with Gasteiger partial charge in [0.25, 0.3) is 0 Å². The van der Waals surface area contributed by atoms with Crippen LogP contribution in [0.3, 0.4) is 0 Å². The van der Waals surface area contributed by atoms with E-state index in [0.29, 0.717) is 0 Å². The van der Waals surface area contributed by atoms with Gasteiger partial charge in [0, 0.05) is 11.0 Å². The molecule has 0 fully saturated rings. The van der Waals surface area contributed by atoms with Gasteiger partial charge in [0.1, 0.15) is 0 Å². The molecule has 0 atom stereocenters. The van der Waals surface area contributed by atoms with Crippen LogP contribution in [0.4, 0.5) is 0 Å². The second-order valence-corrected chi connectivity index (χ2v) is 21.2. The fraction of sp³-hybridized carbons (Fsp3) is 0.345. The third-order valence-corrected chi connectivity index (χ3v) is 9.17. The van der Waals surface area contributed by atoms with E-state index in [1.165, 1.54) is 31.9 Å². The third-order valence-electron chi connectivity index (χ3n) is 4.70. The first-order valence-electron chi connectivity index (χ1n) is 10.7. The van der Waals surface area contributed by atoms with E-state index in [-0.39, 0.29) is 53.1 Å². The molecule has 0 saturated heterocycles. The SMILES string of the molecule is C=C(C(=C)[Si](C)(C)C)[Si](C)(C)C.CC(C)(C)[NH-].[CH3-].[CH3-].[Si].[Ti+4].c1ccc2c(c1)[cH-]c1ccccc12. The molecule has 1 nitrogen and oxygen atoms in total. The average molecular weight is 542 g/mol. The van der Waals surface area contributed by atoms with E-state index < -0.39 is 16.1 Å². The maximum absolute atomic E-state index is 6.94. The summed E-state index contributed by atoms with van der Waals surface area (Å²) < 4.78 is 0. The van der Waals surface area contributed by atoms with Gasteiger partial charge in [0.15, 0.2) is 0 Å². The summed E-state index contributed by atoms with van der Waals surface area (Å²) in [5, 5.41) is 8.12. The molecule has 0 saturated carbocycles. The molecule has 0 amide bonds. The summed E-state index contributed by atoms with van der Waals surface area (Å²) >= 11 is 0. The first-order chi connectivity index (χ1) is 13.5. The maximum atomic E-state index is 6.94. The number of fused-ring (bicyclic) bond motifs is 3. The van der Waals surface area contributed by atoms with Crippen LogP contribution in [-0.4, -0.2) is 32.7 Å². The molecule has 3 aromatic rings. The summed E-state index contributed by atoms with van der Waals surface area (Å²) in [4.78, 5) is 0. The second-order valence-electron chi connectivity index (χ2n) is 11.0. The molecule has 0 aliphatic rings. The molecule has 34 heavy (non-hydrogen) atoms. The van der Waals surface area contributed by atoms with Crippen LogP contribution in [0.2, 0.25) is 39.3 Å². The van der Waals surface area contributed by atoms with Crippen molar-refractivity contribution in [2.24, 2.45) is 0 Å². The van der Waals surface area contributed by atoms with Crippen LogP contribution in [0.25, 0.3) is 27.3 Å². The molecule has 0 unspecified atom stereocenters.